The van der Waals surface area contributed by atoms with E-state index in [2.05, 4.69) is 19.9 Å². The van der Waals surface area contributed by atoms with E-state index in [0.717, 1.165) is 48.6 Å². The van der Waals surface area contributed by atoms with Crippen LogP contribution < -0.4 is 5.73 Å². The van der Waals surface area contributed by atoms with Gasteiger partial charge in [0.1, 0.15) is 11.5 Å². The Bertz CT molecular complexity index is 554. The number of hydrogen-bond donors (Lipinski definition) is 2. The van der Waals surface area contributed by atoms with Crippen molar-refractivity contribution in [2.45, 2.75) is 44.6 Å². The second kappa shape index (κ2) is 5.09. The third kappa shape index (κ3) is 2.51. The van der Waals surface area contributed by atoms with Gasteiger partial charge in [0.25, 0.3) is 0 Å². The summed E-state index contributed by atoms with van der Waals surface area (Å²) in [6, 6.07) is 0.368. The van der Waals surface area contributed by atoms with Crippen LogP contribution in [-0.2, 0) is 0 Å². The molecule has 3 N–H and O–H groups in total. The summed E-state index contributed by atoms with van der Waals surface area (Å²) in [5.74, 6) is 1.57. The molecule has 0 amide bonds. The Balaban J connectivity index is 1.82. The highest BCUT2D eigenvalue weighted by Crippen LogP contribution is 2.31. The Morgan fingerprint density at radius 1 is 1.11 bits per heavy atom. The lowest BCUT2D eigenvalue weighted by molar-refractivity contribution is 0.386. The first-order chi connectivity index (χ1) is 9.24. The van der Waals surface area contributed by atoms with E-state index in [-0.39, 0.29) is 0 Å². The molecule has 0 radical (unpaired) electrons. The van der Waals surface area contributed by atoms with Gasteiger partial charge in [0, 0.05) is 24.4 Å². The number of rotatable bonds is 2. The quantitative estimate of drug-likeness (QED) is 0.864. The van der Waals surface area contributed by atoms with E-state index < -0.39 is 0 Å². The van der Waals surface area contributed by atoms with Gasteiger partial charge in [-0.3, -0.25) is 9.97 Å². The molecule has 0 atom stereocenters. The van der Waals surface area contributed by atoms with Crippen molar-refractivity contribution in [1.29, 1.82) is 0 Å². The molecule has 5 nitrogen and oxygen atoms in total. The third-order valence-corrected chi connectivity index (χ3v) is 3.89. The van der Waals surface area contributed by atoms with Crippen molar-refractivity contribution in [3.63, 3.8) is 0 Å². The van der Waals surface area contributed by atoms with Crippen LogP contribution in [-0.4, -0.2) is 26.0 Å². The predicted octanol–water partition coefficient (Wildman–Crippen LogP) is 2.16. The number of aryl methyl sites for hydroxylation is 1. The van der Waals surface area contributed by atoms with E-state index >= 15 is 0 Å². The van der Waals surface area contributed by atoms with Gasteiger partial charge in [0.15, 0.2) is 0 Å². The largest absolute Gasteiger partial charge is 0.340 e. The summed E-state index contributed by atoms with van der Waals surface area (Å²) in [6.45, 7) is 1.96. The molecular weight excluding hydrogens is 238 g/mol. The van der Waals surface area contributed by atoms with Crippen LogP contribution in [0.3, 0.4) is 0 Å². The average molecular weight is 257 g/mol. The van der Waals surface area contributed by atoms with Crippen LogP contribution in [0.15, 0.2) is 18.6 Å². The Morgan fingerprint density at radius 2 is 1.84 bits per heavy atom. The first-order valence-corrected chi connectivity index (χ1v) is 6.82. The Kier molecular flexibility index (Phi) is 3.29. The standard InChI is InChI=1S/C14H19N5/c1-9-13(17-7-6-16-9)12-8-18-14(19-12)10-2-4-11(15)5-3-10/h6-8,10-11H,2-5,15H2,1H3,(H,18,19). The maximum Gasteiger partial charge on any atom is 0.109 e. The summed E-state index contributed by atoms with van der Waals surface area (Å²) >= 11 is 0. The molecule has 2 heterocycles. The van der Waals surface area contributed by atoms with Crippen LogP contribution in [0.4, 0.5) is 0 Å². The fourth-order valence-corrected chi connectivity index (χ4v) is 2.73. The number of nitrogens with zero attached hydrogens (tertiary/aromatic N) is 3. The monoisotopic (exact) mass is 257 g/mol. The van der Waals surface area contributed by atoms with Gasteiger partial charge in [0.05, 0.1) is 17.6 Å². The zero-order valence-electron chi connectivity index (χ0n) is 11.1. The minimum Gasteiger partial charge on any atom is -0.340 e. The number of nitrogens with one attached hydrogen (secondary N) is 1. The van der Waals surface area contributed by atoms with Crippen molar-refractivity contribution in [2.75, 3.05) is 0 Å². The zero-order chi connectivity index (χ0) is 13.2. The third-order valence-electron chi connectivity index (χ3n) is 3.89. The van der Waals surface area contributed by atoms with Crippen molar-refractivity contribution in [2.24, 2.45) is 5.73 Å². The molecule has 1 saturated carbocycles. The van der Waals surface area contributed by atoms with Gasteiger partial charge in [-0.15, -0.1) is 0 Å². The maximum atomic E-state index is 5.94. The molecule has 0 bridgehead atoms. The number of aromatic nitrogens is 4. The topological polar surface area (TPSA) is 80.5 Å². The van der Waals surface area contributed by atoms with Gasteiger partial charge >= 0.3 is 0 Å². The number of nitrogens with two attached hydrogens (primary N) is 1. The second-order valence-corrected chi connectivity index (χ2v) is 5.28. The number of hydrogen-bond acceptors (Lipinski definition) is 4. The van der Waals surface area contributed by atoms with Crippen molar-refractivity contribution in [3.05, 3.63) is 30.1 Å². The molecule has 0 saturated heterocycles. The molecular formula is C14H19N5. The Hall–Kier alpha value is -1.75. The fourth-order valence-electron chi connectivity index (χ4n) is 2.73. The number of H-pyrrole nitrogens is 1. The summed E-state index contributed by atoms with van der Waals surface area (Å²) in [5, 5.41) is 0. The highest BCUT2D eigenvalue weighted by atomic mass is 14.9. The van der Waals surface area contributed by atoms with Crippen LogP contribution in [0, 0.1) is 6.92 Å². The summed E-state index contributed by atoms with van der Waals surface area (Å²) in [7, 11) is 0. The van der Waals surface area contributed by atoms with Gasteiger partial charge in [0.2, 0.25) is 0 Å². The molecule has 1 aliphatic carbocycles. The van der Waals surface area contributed by atoms with Crippen LogP contribution in [0.1, 0.15) is 43.1 Å². The minimum absolute atomic E-state index is 0.368. The maximum absolute atomic E-state index is 5.94. The fraction of sp³-hybridized carbons (Fsp3) is 0.500. The van der Waals surface area contributed by atoms with E-state index in [4.69, 9.17) is 5.73 Å². The lowest BCUT2D eigenvalue weighted by atomic mass is 9.86. The first kappa shape index (κ1) is 12.3. The van der Waals surface area contributed by atoms with E-state index in [9.17, 15) is 0 Å². The van der Waals surface area contributed by atoms with E-state index in [0.29, 0.717) is 12.0 Å². The normalized spacial score (nSPS) is 23.5. The molecule has 5 heteroatoms. The summed E-state index contributed by atoms with van der Waals surface area (Å²) in [5.41, 5.74) is 8.70. The van der Waals surface area contributed by atoms with E-state index in [1.54, 1.807) is 12.4 Å². The van der Waals surface area contributed by atoms with Crippen LogP contribution >= 0.6 is 0 Å². The summed E-state index contributed by atoms with van der Waals surface area (Å²) in [4.78, 5) is 16.5. The molecule has 0 aliphatic heterocycles. The van der Waals surface area contributed by atoms with E-state index in [1.807, 2.05) is 13.1 Å². The second-order valence-electron chi connectivity index (χ2n) is 5.28. The van der Waals surface area contributed by atoms with Crippen molar-refractivity contribution < 1.29 is 0 Å². The molecule has 19 heavy (non-hydrogen) atoms. The van der Waals surface area contributed by atoms with Gasteiger partial charge < -0.3 is 10.7 Å². The number of aromatic amines is 1. The molecule has 0 aromatic carbocycles. The highest BCUT2D eigenvalue weighted by molar-refractivity contribution is 5.55. The predicted molar refractivity (Wildman–Crippen MR) is 73.5 cm³/mol. The molecule has 2 aromatic rings. The minimum atomic E-state index is 0.368. The van der Waals surface area contributed by atoms with Crippen molar-refractivity contribution in [1.82, 2.24) is 19.9 Å². The molecule has 1 fully saturated rings. The van der Waals surface area contributed by atoms with Crippen LogP contribution in [0.5, 0.6) is 0 Å². The Morgan fingerprint density at radius 3 is 2.58 bits per heavy atom. The SMILES string of the molecule is Cc1nccnc1-c1cnc(C2CCC(N)CC2)[nH]1. The molecule has 100 valence electrons. The smallest absolute Gasteiger partial charge is 0.109 e. The van der Waals surface area contributed by atoms with Crippen molar-refractivity contribution >= 4 is 0 Å². The highest BCUT2D eigenvalue weighted by Gasteiger charge is 2.22. The lowest BCUT2D eigenvalue weighted by Crippen LogP contribution is -2.26. The van der Waals surface area contributed by atoms with Crippen molar-refractivity contribution in [3.8, 4) is 11.4 Å². The van der Waals surface area contributed by atoms with Gasteiger partial charge in [-0.1, -0.05) is 0 Å². The van der Waals surface area contributed by atoms with Gasteiger partial charge in [-0.2, -0.15) is 0 Å². The summed E-state index contributed by atoms with van der Waals surface area (Å²) < 4.78 is 0. The Labute approximate surface area is 112 Å². The molecule has 0 spiro atoms. The van der Waals surface area contributed by atoms with Gasteiger partial charge in [-0.05, 0) is 32.6 Å². The van der Waals surface area contributed by atoms with E-state index in [1.165, 1.54) is 0 Å². The zero-order valence-corrected chi connectivity index (χ0v) is 11.1. The van der Waals surface area contributed by atoms with Crippen LogP contribution in [0.2, 0.25) is 0 Å². The average Bonchev–Trinajstić information content (AvgIpc) is 2.89. The number of imidazole rings is 1. The molecule has 3 rings (SSSR count). The molecule has 2 aromatic heterocycles. The molecule has 0 unspecified atom stereocenters. The lowest BCUT2D eigenvalue weighted by Gasteiger charge is -2.24. The van der Waals surface area contributed by atoms with Gasteiger partial charge in [-0.25, -0.2) is 4.98 Å². The van der Waals surface area contributed by atoms with Crippen LogP contribution in [0.25, 0.3) is 11.4 Å². The summed E-state index contributed by atoms with van der Waals surface area (Å²) in [6.07, 6.45) is 9.69. The first-order valence-electron chi connectivity index (χ1n) is 6.82. The molecule has 1 aliphatic rings.